The van der Waals surface area contributed by atoms with Crippen LogP contribution >= 0.6 is 23.1 Å². The third kappa shape index (κ3) is 5.61. The van der Waals surface area contributed by atoms with Gasteiger partial charge in [0.1, 0.15) is 0 Å². The van der Waals surface area contributed by atoms with E-state index in [4.69, 9.17) is 14.2 Å². The molecule has 0 radical (unpaired) electrons. The van der Waals surface area contributed by atoms with Crippen molar-refractivity contribution in [1.29, 1.82) is 0 Å². The molecule has 10 heteroatoms. The lowest BCUT2D eigenvalue weighted by molar-refractivity contribution is -0.147. The topological polar surface area (TPSA) is 90.0 Å². The molecule has 1 aliphatic rings. The Hall–Kier alpha value is -4.02. The van der Waals surface area contributed by atoms with Crippen molar-refractivity contribution < 1.29 is 23.8 Å². The second kappa shape index (κ2) is 11.6. The van der Waals surface area contributed by atoms with Crippen molar-refractivity contribution >= 4 is 51.5 Å². The number of esters is 1. The van der Waals surface area contributed by atoms with E-state index in [0.717, 1.165) is 26.7 Å². The van der Waals surface area contributed by atoms with Gasteiger partial charge in [0, 0.05) is 27.3 Å². The zero-order valence-corrected chi connectivity index (χ0v) is 22.4. The normalized spacial score (nSPS) is 11.8. The Morgan fingerprint density at radius 1 is 0.921 bits per heavy atom. The summed E-state index contributed by atoms with van der Waals surface area (Å²) in [4.78, 5) is 33.8. The molecule has 8 nitrogen and oxygen atoms in total. The molecule has 0 atom stereocenters. The van der Waals surface area contributed by atoms with Gasteiger partial charge < -0.3 is 19.1 Å². The average molecular weight is 548 g/mol. The van der Waals surface area contributed by atoms with Crippen molar-refractivity contribution in [3.63, 3.8) is 0 Å². The second-order valence-electron chi connectivity index (χ2n) is 8.26. The van der Waals surface area contributed by atoms with Crippen LogP contribution in [0, 0.1) is 0 Å². The van der Waals surface area contributed by atoms with Crippen molar-refractivity contribution in [2.45, 2.75) is 16.2 Å². The summed E-state index contributed by atoms with van der Waals surface area (Å²) in [6.45, 7) is 0.0589. The minimum Gasteiger partial charge on any atom is -0.493 e. The van der Waals surface area contributed by atoms with Crippen LogP contribution in [0.1, 0.15) is 6.42 Å². The lowest BCUT2D eigenvalue weighted by Crippen LogP contribution is -2.26. The molecule has 1 aromatic heterocycles. The molecule has 0 fully saturated rings. The smallest absolute Gasteiger partial charge is 0.308 e. The number of benzene rings is 3. The first-order chi connectivity index (χ1) is 18.6. The third-order valence-corrected chi connectivity index (χ3v) is 7.75. The van der Waals surface area contributed by atoms with Crippen LogP contribution in [0.2, 0.25) is 0 Å². The second-order valence-corrected chi connectivity index (χ2v) is 10.2. The van der Waals surface area contributed by atoms with E-state index >= 15 is 0 Å². The molecule has 194 valence electrons. The maximum atomic E-state index is 12.5. The predicted octanol–water partition coefficient (Wildman–Crippen LogP) is 6.00. The number of amides is 1. The van der Waals surface area contributed by atoms with Gasteiger partial charge in [-0.1, -0.05) is 36.0 Å². The molecule has 0 saturated carbocycles. The standard InChI is InChI=1S/C28H25N3O5S2/c1-34-22-12-11-18(15-23(22)35-2)19-17-37-28(29-19)30-26(32)16-36-27(33)13-14-31-20-7-3-5-9-24(20)38-25-10-6-4-8-21(25)31/h3-12,15,17H,13-14,16H2,1-2H3,(H,29,30,32). The van der Waals surface area contributed by atoms with E-state index in [0.29, 0.717) is 28.9 Å². The van der Waals surface area contributed by atoms with Gasteiger partial charge in [-0.05, 0) is 42.5 Å². The molecule has 5 rings (SSSR count). The molecular weight excluding hydrogens is 522 g/mol. The number of rotatable bonds is 9. The number of aromatic nitrogens is 1. The highest BCUT2D eigenvalue weighted by Crippen LogP contribution is 2.47. The van der Waals surface area contributed by atoms with Crippen LogP contribution in [0.15, 0.2) is 81.9 Å². The Kier molecular flexibility index (Phi) is 7.81. The summed E-state index contributed by atoms with van der Waals surface area (Å²) in [5, 5.41) is 4.93. The SMILES string of the molecule is COc1ccc(-c2csc(NC(=O)COC(=O)CCN3c4ccccc4Sc4ccccc43)n2)cc1OC. The lowest BCUT2D eigenvalue weighted by Gasteiger charge is -2.32. The minimum atomic E-state index is -0.448. The first-order valence-corrected chi connectivity index (χ1v) is 13.5. The minimum absolute atomic E-state index is 0.140. The quantitative estimate of drug-likeness (QED) is 0.255. The van der Waals surface area contributed by atoms with Crippen molar-refractivity contribution in [2.75, 3.05) is 37.6 Å². The zero-order valence-electron chi connectivity index (χ0n) is 20.8. The maximum absolute atomic E-state index is 12.5. The molecule has 1 aliphatic heterocycles. The molecular formula is C28H25N3O5S2. The number of carbonyl (C=O) groups excluding carboxylic acids is 2. The number of nitrogens with zero attached hydrogens (tertiary/aromatic N) is 2. The van der Waals surface area contributed by atoms with E-state index in [2.05, 4.69) is 27.3 Å². The number of carbonyl (C=O) groups is 2. The molecule has 0 saturated heterocycles. The van der Waals surface area contributed by atoms with E-state index in [1.807, 2.05) is 53.9 Å². The molecule has 1 N–H and O–H groups in total. The number of methoxy groups -OCH3 is 2. The van der Waals surface area contributed by atoms with Crippen LogP contribution in [0.4, 0.5) is 16.5 Å². The number of hydrogen-bond donors (Lipinski definition) is 1. The zero-order chi connectivity index (χ0) is 26.5. The van der Waals surface area contributed by atoms with Crippen LogP contribution < -0.4 is 19.7 Å². The van der Waals surface area contributed by atoms with Gasteiger partial charge in [-0.3, -0.25) is 14.9 Å². The van der Waals surface area contributed by atoms with Gasteiger partial charge in [-0.2, -0.15) is 0 Å². The summed E-state index contributed by atoms with van der Waals surface area (Å²) in [5.41, 5.74) is 3.61. The third-order valence-electron chi connectivity index (χ3n) is 5.87. The first-order valence-electron chi connectivity index (χ1n) is 11.8. The fourth-order valence-electron chi connectivity index (χ4n) is 4.06. The summed E-state index contributed by atoms with van der Waals surface area (Å²) < 4.78 is 15.9. The van der Waals surface area contributed by atoms with Crippen LogP contribution in [0.3, 0.4) is 0 Å². The predicted molar refractivity (Wildman–Crippen MR) is 149 cm³/mol. The van der Waals surface area contributed by atoms with E-state index in [-0.39, 0.29) is 13.0 Å². The Morgan fingerprint density at radius 3 is 2.29 bits per heavy atom. The molecule has 0 unspecified atom stereocenters. The van der Waals surface area contributed by atoms with Gasteiger partial charge in [0.25, 0.3) is 5.91 Å². The van der Waals surface area contributed by atoms with Crippen LogP contribution in [0.25, 0.3) is 11.3 Å². The fraction of sp³-hybridized carbons (Fsp3) is 0.179. The highest BCUT2D eigenvalue weighted by atomic mass is 32.2. The highest BCUT2D eigenvalue weighted by Gasteiger charge is 2.23. The molecule has 2 heterocycles. The van der Waals surface area contributed by atoms with Gasteiger partial charge in [0.2, 0.25) is 0 Å². The van der Waals surface area contributed by atoms with Crippen molar-refractivity contribution in [2.24, 2.45) is 0 Å². The van der Waals surface area contributed by atoms with Crippen LogP contribution in [-0.2, 0) is 14.3 Å². The summed E-state index contributed by atoms with van der Waals surface area (Å²) in [6.07, 6.45) is 0.140. The van der Waals surface area contributed by atoms with Crippen LogP contribution in [-0.4, -0.2) is 44.2 Å². The number of anilines is 3. The van der Waals surface area contributed by atoms with Crippen molar-refractivity contribution in [3.8, 4) is 22.8 Å². The fourth-order valence-corrected chi connectivity index (χ4v) is 5.89. The molecule has 1 amide bonds. The van der Waals surface area contributed by atoms with Crippen molar-refractivity contribution in [3.05, 3.63) is 72.1 Å². The van der Waals surface area contributed by atoms with E-state index in [9.17, 15) is 9.59 Å². The van der Waals surface area contributed by atoms with Crippen molar-refractivity contribution in [1.82, 2.24) is 4.98 Å². The monoisotopic (exact) mass is 547 g/mol. The van der Waals surface area contributed by atoms with E-state index < -0.39 is 11.9 Å². The molecule has 0 aliphatic carbocycles. The van der Waals surface area contributed by atoms with E-state index in [1.54, 1.807) is 32.0 Å². The number of ether oxygens (including phenoxy) is 3. The van der Waals surface area contributed by atoms with Crippen LogP contribution in [0.5, 0.6) is 11.5 Å². The summed E-state index contributed by atoms with van der Waals surface area (Å²) in [5.74, 6) is 0.315. The molecule has 0 bridgehead atoms. The number of hydrogen-bond acceptors (Lipinski definition) is 9. The number of nitrogens with one attached hydrogen (secondary N) is 1. The van der Waals surface area contributed by atoms with Gasteiger partial charge in [-0.25, -0.2) is 4.98 Å². The lowest BCUT2D eigenvalue weighted by atomic mass is 10.1. The Morgan fingerprint density at radius 2 is 1.61 bits per heavy atom. The number of thiazole rings is 1. The first kappa shape index (κ1) is 25.6. The molecule has 4 aromatic rings. The largest absolute Gasteiger partial charge is 0.493 e. The van der Waals surface area contributed by atoms with Gasteiger partial charge >= 0.3 is 5.97 Å². The summed E-state index contributed by atoms with van der Waals surface area (Å²) in [7, 11) is 3.14. The number of fused-ring (bicyclic) bond motifs is 2. The van der Waals surface area contributed by atoms with Gasteiger partial charge in [0.15, 0.2) is 23.2 Å². The van der Waals surface area contributed by atoms with Gasteiger partial charge in [-0.15, -0.1) is 11.3 Å². The highest BCUT2D eigenvalue weighted by molar-refractivity contribution is 7.99. The Bertz CT molecular complexity index is 1430. The summed E-state index contributed by atoms with van der Waals surface area (Å²) in [6, 6.07) is 21.7. The Balaban J connectivity index is 1.15. The summed E-state index contributed by atoms with van der Waals surface area (Å²) >= 11 is 2.99. The maximum Gasteiger partial charge on any atom is 0.308 e. The van der Waals surface area contributed by atoms with Gasteiger partial charge in [0.05, 0.1) is 37.7 Å². The molecule has 0 spiro atoms. The Labute approximate surface area is 228 Å². The number of para-hydroxylation sites is 2. The average Bonchev–Trinajstić information content (AvgIpc) is 3.42. The van der Waals surface area contributed by atoms with E-state index in [1.165, 1.54) is 11.3 Å². The molecule has 38 heavy (non-hydrogen) atoms. The molecule has 3 aromatic carbocycles.